The first kappa shape index (κ1) is 12.4. The molecule has 2 heteroatoms. The van der Waals surface area contributed by atoms with Gasteiger partial charge in [-0.05, 0) is 35.0 Å². The summed E-state index contributed by atoms with van der Waals surface area (Å²) in [6.45, 7) is 2.17. The molecular formula is C17H15BP. The van der Waals surface area contributed by atoms with Crippen molar-refractivity contribution >= 4 is 36.1 Å². The minimum absolute atomic E-state index is 1.24. The van der Waals surface area contributed by atoms with Crippen molar-refractivity contribution in [3.63, 3.8) is 0 Å². The molecule has 0 aromatic heterocycles. The molecule has 0 heterocycles. The van der Waals surface area contributed by atoms with Crippen LogP contribution in [-0.4, -0.2) is 14.2 Å². The molecule has 0 amide bonds. The Morgan fingerprint density at radius 3 is 2.05 bits per heavy atom. The smallest absolute Gasteiger partial charge is 0.0470 e. The fourth-order valence-electron chi connectivity index (χ4n) is 2.35. The van der Waals surface area contributed by atoms with Crippen molar-refractivity contribution in [2.75, 3.05) is 6.66 Å². The highest BCUT2D eigenvalue weighted by Gasteiger charge is 2.18. The summed E-state index contributed by atoms with van der Waals surface area (Å²) in [5, 5.41) is 5.01. The fourth-order valence-corrected chi connectivity index (χ4v) is 4.23. The Morgan fingerprint density at radius 1 is 0.684 bits per heavy atom. The van der Waals surface area contributed by atoms with E-state index in [2.05, 4.69) is 73.4 Å². The zero-order valence-electron chi connectivity index (χ0n) is 11.0. The first-order valence-corrected chi connectivity index (χ1v) is 8.68. The van der Waals surface area contributed by atoms with Crippen LogP contribution in [0.5, 0.6) is 0 Å². The Balaban J connectivity index is 2.13. The maximum Gasteiger partial charge on any atom is 0.0470 e. The Kier molecular flexibility index (Phi) is 3.17. The monoisotopic (exact) mass is 261 g/mol. The zero-order valence-corrected chi connectivity index (χ0v) is 11.8. The van der Waals surface area contributed by atoms with Crippen molar-refractivity contribution in [1.29, 1.82) is 0 Å². The first-order chi connectivity index (χ1) is 9.18. The quantitative estimate of drug-likeness (QED) is 0.489. The van der Waals surface area contributed by atoms with Crippen molar-refractivity contribution in [1.82, 2.24) is 0 Å². The van der Waals surface area contributed by atoms with Crippen LogP contribution in [0.4, 0.5) is 0 Å². The predicted molar refractivity (Wildman–Crippen MR) is 88.3 cm³/mol. The normalized spacial score (nSPS) is 14.2. The fraction of sp³-hybridized carbons (Fsp3) is 0.0588. The Hall–Kier alpha value is -1.59. The van der Waals surface area contributed by atoms with Gasteiger partial charge in [-0.15, -0.1) is 0 Å². The summed E-state index contributed by atoms with van der Waals surface area (Å²) in [7, 11) is 4.91. The number of hydrogen-bond acceptors (Lipinski definition) is 0. The van der Waals surface area contributed by atoms with Crippen molar-refractivity contribution in [2.24, 2.45) is 0 Å². The molecule has 0 fully saturated rings. The number of fused-ring (bicyclic) bond motifs is 1. The molecule has 3 radical (unpaired) electrons. The van der Waals surface area contributed by atoms with E-state index in [1.54, 1.807) is 0 Å². The SMILES string of the molecule is [B-][P+](C)(c1ccccc1)c1ccc2ccccc2c1. The van der Waals surface area contributed by atoms with Crippen LogP contribution in [0, 0.1) is 0 Å². The van der Waals surface area contributed by atoms with E-state index in [4.69, 9.17) is 7.57 Å². The molecule has 19 heavy (non-hydrogen) atoms. The van der Waals surface area contributed by atoms with Gasteiger partial charge in [-0.2, -0.15) is 7.14 Å². The van der Waals surface area contributed by atoms with Crippen molar-refractivity contribution < 1.29 is 0 Å². The van der Waals surface area contributed by atoms with Gasteiger partial charge in [0.25, 0.3) is 0 Å². The standard InChI is InChI=1S/C17H15BP/c1-19(18,16-9-3-2-4-10-16)17-12-11-14-7-5-6-8-15(14)13-17/h2-13H,1H3. The molecule has 0 bridgehead atoms. The maximum absolute atomic E-state index is 6.66. The average molecular weight is 261 g/mol. The van der Waals surface area contributed by atoms with Gasteiger partial charge in [-0.25, -0.2) is 0 Å². The Bertz CT molecular complexity index is 705. The van der Waals surface area contributed by atoms with Gasteiger partial charge >= 0.3 is 0 Å². The van der Waals surface area contributed by atoms with Crippen LogP contribution in [0.3, 0.4) is 0 Å². The highest BCUT2D eigenvalue weighted by atomic mass is 31.2. The third-order valence-corrected chi connectivity index (χ3v) is 6.28. The van der Waals surface area contributed by atoms with E-state index in [9.17, 15) is 0 Å². The van der Waals surface area contributed by atoms with Crippen LogP contribution in [-0.2, 0) is 0 Å². The summed E-state index contributed by atoms with van der Waals surface area (Å²) >= 11 is 0. The van der Waals surface area contributed by atoms with Gasteiger partial charge in [0, 0.05) is 17.3 Å². The molecule has 3 aromatic rings. The predicted octanol–water partition coefficient (Wildman–Crippen LogP) is 3.52. The van der Waals surface area contributed by atoms with Gasteiger partial charge in [0.2, 0.25) is 0 Å². The number of rotatable bonds is 2. The number of benzene rings is 3. The molecular weight excluding hydrogens is 246 g/mol. The Labute approximate surface area is 116 Å². The van der Waals surface area contributed by atoms with E-state index in [-0.39, 0.29) is 0 Å². The molecule has 0 saturated heterocycles. The molecule has 0 spiro atoms. The summed E-state index contributed by atoms with van der Waals surface area (Å²) in [6, 6.07) is 25.4. The summed E-state index contributed by atoms with van der Waals surface area (Å²) in [6.07, 6.45) is 0. The lowest BCUT2D eigenvalue weighted by Crippen LogP contribution is -2.21. The third-order valence-electron chi connectivity index (χ3n) is 3.56. The zero-order chi connectivity index (χ0) is 13.3. The van der Waals surface area contributed by atoms with Crippen LogP contribution in [0.25, 0.3) is 10.8 Å². The molecule has 3 rings (SSSR count). The van der Waals surface area contributed by atoms with Crippen molar-refractivity contribution in [2.45, 2.75) is 0 Å². The van der Waals surface area contributed by atoms with E-state index in [1.807, 2.05) is 6.07 Å². The van der Waals surface area contributed by atoms with Gasteiger partial charge in [0.1, 0.15) is 0 Å². The maximum atomic E-state index is 6.66. The highest BCUT2D eigenvalue weighted by Crippen LogP contribution is 2.47. The van der Waals surface area contributed by atoms with E-state index >= 15 is 0 Å². The molecule has 0 aliphatic carbocycles. The largest absolute Gasteiger partial charge is 0.292 e. The van der Waals surface area contributed by atoms with Crippen LogP contribution in [0.1, 0.15) is 0 Å². The topological polar surface area (TPSA) is 0 Å². The second-order valence-electron chi connectivity index (χ2n) is 4.94. The number of hydrogen-bond donors (Lipinski definition) is 0. The van der Waals surface area contributed by atoms with E-state index in [1.165, 1.54) is 21.4 Å². The lowest BCUT2D eigenvalue weighted by Gasteiger charge is -2.32. The summed E-state index contributed by atoms with van der Waals surface area (Å²) in [5.41, 5.74) is 0. The van der Waals surface area contributed by atoms with Crippen molar-refractivity contribution in [3.05, 3.63) is 72.8 Å². The highest BCUT2D eigenvalue weighted by molar-refractivity contribution is 8.08. The third kappa shape index (κ3) is 2.31. The summed E-state index contributed by atoms with van der Waals surface area (Å²) in [4.78, 5) is 0. The summed E-state index contributed by atoms with van der Waals surface area (Å²) in [5.74, 6) is 0. The average Bonchev–Trinajstić information content (AvgIpc) is 2.47. The van der Waals surface area contributed by atoms with Crippen LogP contribution < -0.4 is 10.6 Å². The first-order valence-electron chi connectivity index (χ1n) is 6.38. The van der Waals surface area contributed by atoms with E-state index in [0.29, 0.717) is 0 Å². The molecule has 1 atom stereocenters. The van der Waals surface area contributed by atoms with Gasteiger partial charge < -0.3 is 0 Å². The molecule has 0 nitrogen and oxygen atoms in total. The van der Waals surface area contributed by atoms with Gasteiger partial charge in [0.15, 0.2) is 0 Å². The van der Waals surface area contributed by atoms with E-state index < -0.39 is 7.14 Å². The summed E-state index contributed by atoms with van der Waals surface area (Å²) < 4.78 is 0. The minimum Gasteiger partial charge on any atom is -0.292 e. The van der Waals surface area contributed by atoms with Crippen LogP contribution in [0.2, 0.25) is 0 Å². The lowest BCUT2D eigenvalue weighted by atomic mass is 10.1. The molecule has 0 aliphatic heterocycles. The van der Waals surface area contributed by atoms with Crippen molar-refractivity contribution in [3.8, 4) is 0 Å². The van der Waals surface area contributed by atoms with Gasteiger partial charge in [-0.1, -0.05) is 48.5 Å². The molecule has 0 saturated carbocycles. The molecule has 1 unspecified atom stereocenters. The molecule has 0 N–H and O–H groups in total. The second kappa shape index (κ2) is 4.83. The Morgan fingerprint density at radius 2 is 1.32 bits per heavy atom. The van der Waals surface area contributed by atoms with Gasteiger partial charge in [0.05, 0.1) is 0 Å². The minimum atomic E-state index is -1.75. The van der Waals surface area contributed by atoms with Crippen LogP contribution in [0.15, 0.2) is 72.8 Å². The second-order valence-corrected chi connectivity index (χ2v) is 8.13. The van der Waals surface area contributed by atoms with Gasteiger partial charge in [-0.3, -0.25) is 7.57 Å². The molecule has 91 valence electrons. The molecule has 3 aromatic carbocycles. The molecule has 0 aliphatic rings. The van der Waals surface area contributed by atoms with E-state index in [0.717, 1.165) is 0 Å². The lowest BCUT2D eigenvalue weighted by molar-refractivity contribution is 1.76. The van der Waals surface area contributed by atoms with Crippen LogP contribution >= 0.6 is 7.14 Å².